The number of anilines is 3. The van der Waals surface area contributed by atoms with Crippen LogP contribution >= 0.6 is 0 Å². The molecular formula is C17H17N5O. The molecule has 2 aromatic heterocycles. The summed E-state index contributed by atoms with van der Waals surface area (Å²) in [5.41, 5.74) is 2.46. The summed E-state index contributed by atoms with van der Waals surface area (Å²) in [5.74, 6) is 1.08. The van der Waals surface area contributed by atoms with E-state index in [0.717, 1.165) is 24.1 Å². The summed E-state index contributed by atoms with van der Waals surface area (Å²) >= 11 is 0. The van der Waals surface area contributed by atoms with Gasteiger partial charge in [-0.25, -0.2) is 4.98 Å². The highest BCUT2D eigenvalue weighted by molar-refractivity contribution is 5.90. The molecule has 23 heavy (non-hydrogen) atoms. The van der Waals surface area contributed by atoms with Crippen molar-refractivity contribution in [2.24, 2.45) is 0 Å². The zero-order valence-electron chi connectivity index (χ0n) is 12.8. The van der Waals surface area contributed by atoms with Gasteiger partial charge in [0.15, 0.2) is 0 Å². The molecule has 6 heteroatoms. The van der Waals surface area contributed by atoms with Crippen molar-refractivity contribution in [2.75, 3.05) is 10.6 Å². The summed E-state index contributed by atoms with van der Waals surface area (Å²) in [6.07, 6.45) is 3.88. The van der Waals surface area contributed by atoms with Crippen LogP contribution in [0.1, 0.15) is 18.4 Å². The van der Waals surface area contributed by atoms with Crippen molar-refractivity contribution in [3.8, 4) is 0 Å². The van der Waals surface area contributed by atoms with Gasteiger partial charge in [0.05, 0.1) is 5.52 Å². The van der Waals surface area contributed by atoms with E-state index >= 15 is 0 Å². The van der Waals surface area contributed by atoms with Gasteiger partial charge in [-0.05, 0) is 43.5 Å². The van der Waals surface area contributed by atoms with Gasteiger partial charge in [-0.1, -0.05) is 12.1 Å². The van der Waals surface area contributed by atoms with Crippen molar-refractivity contribution in [3.05, 3.63) is 52.4 Å². The van der Waals surface area contributed by atoms with Crippen LogP contribution in [0.15, 0.2) is 41.3 Å². The van der Waals surface area contributed by atoms with Crippen LogP contribution in [-0.2, 0) is 0 Å². The number of benzene rings is 1. The molecule has 6 nitrogen and oxygen atoms in total. The number of hydrogen-bond acceptors (Lipinski definition) is 5. The van der Waals surface area contributed by atoms with Crippen LogP contribution in [0.25, 0.3) is 10.9 Å². The first-order chi connectivity index (χ1) is 11.2. The van der Waals surface area contributed by atoms with E-state index in [4.69, 9.17) is 0 Å². The van der Waals surface area contributed by atoms with E-state index in [1.165, 1.54) is 0 Å². The zero-order valence-corrected chi connectivity index (χ0v) is 12.8. The quantitative estimate of drug-likeness (QED) is 0.690. The van der Waals surface area contributed by atoms with Gasteiger partial charge < -0.3 is 15.6 Å². The van der Waals surface area contributed by atoms with Crippen molar-refractivity contribution in [3.63, 3.8) is 0 Å². The Morgan fingerprint density at radius 3 is 2.87 bits per heavy atom. The average molecular weight is 307 g/mol. The summed E-state index contributed by atoms with van der Waals surface area (Å²) in [7, 11) is 0. The van der Waals surface area contributed by atoms with Gasteiger partial charge in [0.25, 0.3) is 5.56 Å². The third-order valence-electron chi connectivity index (χ3n) is 3.81. The molecule has 0 aliphatic heterocycles. The van der Waals surface area contributed by atoms with Gasteiger partial charge in [-0.2, -0.15) is 4.98 Å². The molecule has 0 unspecified atom stereocenters. The van der Waals surface area contributed by atoms with Gasteiger partial charge >= 0.3 is 0 Å². The summed E-state index contributed by atoms with van der Waals surface area (Å²) in [4.78, 5) is 23.9. The lowest BCUT2D eigenvalue weighted by Crippen LogP contribution is -2.13. The smallest absolute Gasteiger partial charge is 0.261 e. The number of rotatable bonds is 4. The Labute approximate surface area is 133 Å². The number of nitrogens with zero attached hydrogens (tertiary/aromatic N) is 2. The monoisotopic (exact) mass is 307 g/mol. The molecule has 0 amide bonds. The first-order valence-electron chi connectivity index (χ1n) is 7.69. The highest BCUT2D eigenvalue weighted by Gasteiger charge is 2.23. The molecule has 3 aromatic rings. The van der Waals surface area contributed by atoms with Gasteiger partial charge in [0, 0.05) is 17.9 Å². The largest absolute Gasteiger partial charge is 0.351 e. The second kappa shape index (κ2) is 5.39. The van der Waals surface area contributed by atoms with Crippen molar-refractivity contribution in [2.45, 2.75) is 25.8 Å². The van der Waals surface area contributed by atoms with Gasteiger partial charge in [0.2, 0.25) is 5.95 Å². The highest BCUT2D eigenvalue weighted by Crippen LogP contribution is 2.26. The van der Waals surface area contributed by atoms with Crippen LogP contribution in [0.5, 0.6) is 0 Å². The minimum absolute atomic E-state index is 0.198. The Hall–Kier alpha value is -2.89. The minimum atomic E-state index is -0.198. The molecule has 1 fully saturated rings. The number of aromatic nitrogens is 3. The maximum absolute atomic E-state index is 12.2. The number of hydrogen-bond donors (Lipinski definition) is 3. The van der Waals surface area contributed by atoms with Crippen molar-refractivity contribution in [1.82, 2.24) is 15.0 Å². The number of aryl methyl sites for hydroxylation is 1. The molecule has 1 aliphatic rings. The Bertz CT molecular complexity index is 930. The van der Waals surface area contributed by atoms with Crippen LogP contribution in [0, 0.1) is 6.92 Å². The van der Waals surface area contributed by atoms with E-state index in [9.17, 15) is 4.79 Å². The maximum atomic E-state index is 12.2. The molecule has 2 heterocycles. The molecule has 1 aliphatic carbocycles. The normalized spacial score (nSPS) is 14.0. The lowest BCUT2D eigenvalue weighted by Gasteiger charge is -2.11. The topological polar surface area (TPSA) is 82.7 Å². The van der Waals surface area contributed by atoms with Crippen LogP contribution in [0.2, 0.25) is 0 Å². The number of fused-ring (bicyclic) bond motifs is 1. The van der Waals surface area contributed by atoms with Crippen LogP contribution in [-0.4, -0.2) is 21.0 Å². The van der Waals surface area contributed by atoms with Gasteiger partial charge in [-0.15, -0.1) is 0 Å². The number of H-pyrrole nitrogens is 1. The molecule has 116 valence electrons. The average Bonchev–Trinajstić information content (AvgIpc) is 3.31. The first kappa shape index (κ1) is 13.8. The molecular weight excluding hydrogens is 290 g/mol. The molecule has 3 N–H and O–H groups in total. The standard InChI is InChI=1S/C17H17N5O/c1-10-3-2-4-12(9-10)19-15-14-13(7-8-18-16(14)23)21-17(22-15)20-11-5-6-11/h2-4,7-9,11H,5-6H2,1H3,(H,18,23)(H2,19,20,21,22). The molecule has 4 rings (SSSR count). The maximum Gasteiger partial charge on any atom is 0.261 e. The van der Waals surface area contributed by atoms with E-state index in [1.54, 1.807) is 12.3 Å². The number of pyridine rings is 1. The summed E-state index contributed by atoms with van der Waals surface area (Å²) < 4.78 is 0. The van der Waals surface area contributed by atoms with Crippen LogP contribution < -0.4 is 16.2 Å². The van der Waals surface area contributed by atoms with Crippen LogP contribution in [0.4, 0.5) is 17.5 Å². The van der Waals surface area contributed by atoms with E-state index in [-0.39, 0.29) is 5.56 Å². The Morgan fingerprint density at radius 1 is 1.22 bits per heavy atom. The van der Waals surface area contributed by atoms with E-state index < -0.39 is 0 Å². The fraction of sp³-hybridized carbons (Fsp3) is 0.235. The van der Waals surface area contributed by atoms with Crippen LogP contribution in [0.3, 0.4) is 0 Å². The Kier molecular flexibility index (Phi) is 3.22. The minimum Gasteiger partial charge on any atom is -0.351 e. The molecule has 0 radical (unpaired) electrons. The molecule has 0 saturated heterocycles. The number of aromatic amines is 1. The number of nitrogens with one attached hydrogen (secondary N) is 3. The van der Waals surface area contributed by atoms with Gasteiger partial charge in [0.1, 0.15) is 11.2 Å². The molecule has 0 bridgehead atoms. The SMILES string of the molecule is Cc1cccc(Nc2nc(NC3CC3)nc3cc[nH]c(=O)c23)c1. The summed E-state index contributed by atoms with van der Waals surface area (Å²) in [6, 6.07) is 10.2. The zero-order chi connectivity index (χ0) is 15.8. The van der Waals surface area contributed by atoms with Crippen molar-refractivity contribution >= 4 is 28.4 Å². The molecule has 0 spiro atoms. The van der Waals surface area contributed by atoms with E-state index in [0.29, 0.717) is 28.7 Å². The Balaban J connectivity index is 1.83. The summed E-state index contributed by atoms with van der Waals surface area (Å²) in [6.45, 7) is 2.02. The van der Waals surface area contributed by atoms with Crippen molar-refractivity contribution in [1.29, 1.82) is 0 Å². The van der Waals surface area contributed by atoms with Gasteiger partial charge in [-0.3, -0.25) is 4.79 Å². The predicted molar refractivity (Wildman–Crippen MR) is 91.3 cm³/mol. The lowest BCUT2D eigenvalue weighted by atomic mass is 10.2. The lowest BCUT2D eigenvalue weighted by molar-refractivity contribution is 1.07. The summed E-state index contributed by atoms with van der Waals surface area (Å²) in [5, 5.41) is 7.01. The third kappa shape index (κ3) is 2.88. The van der Waals surface area contributed by atoms with E-state index in [1.807, 2.05) is 31.2 Å². The fourth-order valence-electron chi connectivity index (χ4n) is 2.52. The third-order valence-corrected chi connectivity index (χ3v) is 3.81. The molecule has 1 saturated carbocycles. The molecule has 1 aromatic carbocycles. The second-order valence-corrected chi connectivity index (χ2v) is 5.88. The second-order valence-electron chi connectivity index (χ2n) is 5.88. The fourth-order valence-corrected chi connectivity index (χ4v) is 2.52. The first-order valence-corrected chi connectivity index (χ1v) is 7.69. The van der Waals surface area contributed by atoms with Crippen molar-refractivity contribution < 1.29 is 0 Å². The molecule has 0 atom stereocenters. The predicted octanol–water partition coefficient (Wildman–Crippen LogP) is 2.94. The Morgan fingerprint density at radius 2 is 2.09 bits per heavy atom. The highest BCUT2D eigenvalue weighted by atomic mass is 16.1. The van der Waals surface area contributed by atoms with E-state index in [2.05, 4.69) is 25.6 Å².